The number of nitrogens with one attached hydrogen (secondary N) is 1. The molecule has 0 spiro atoms. The molecule has 0 atom stereocenters. The van der Waals surface area contributed by atoms with E-state index in [1.165, 1.54) is 23.3 Å². The molecule has 3 aromatic rings. The third-order valence-corrected chi connectivity index (χ3v) is 6.20. The molecule has 0 radical (unpaired) electrons. The van der Waals surface area contributed by atoms with E-state index in [4.69, 9.17) is 16.3 Å². The number of aryl methyl sites for hydroxylation is 1. The van der Waals surface area contributed by atoms with Crippen molar-refractivity contribution in [2.24, 2.45) is 0 Å². The van der Waals surface area contributed by atoms with Crippen LogP contribution in [0.15, 0.2) is 30.3 Å². The summed E-state index contributed by atoms with van der Waals surface area (Å²) in [6.07, 6.45) is 1.95. The molecule has 2 amide bonds. The van der Waals surface area contributed by atoms with Crippen molar-refractivity contribution in [3.63, 3.8) is 0 Å². The highest BCUT2D eigenvalue weighted by atomic mass is 35.5. The SMILES string of the molecule is Cc1nn(-c2cccc(Cl)c2)c2sc(C(=O)OCC(=O)N(C)CC(=O)NC3CC3)cc12. The second kappa shape index (κ2) is 8.68. The molecule has 1 aromatic carbocycles. The van der Waals surface area contributed by atoms with Crippen molar-refractivity contribution in [3.8, 4) is 5.69 Å². The lowest BCUT2D eigenvalue weighted by molar-refractivity contribution is -0.137. The van der Waals surface area contributed by atoms with Crippen molar-refractivity contribution < 1.29 is 19.1 Å². The standard InChI is InChI=1S/C21H21ClN4O4S/c1-12-16-9-17(31-20(16)26(24-12)15-5-3-4-13(22)8-15)21(29)30-11-19(28)25(2)10-18(27)23-14-6-7-14/h3-5,8-9,14H,6-7,10-11H2,1-2H3,(H,23,27). The summed E-state index contributed by atoms with van der Waals surface area (Å²) < 4.78 is 6.92. The minimum Gasteiger partial charge on any atom is -0.451 e. The number of rotatable bonds is 7. The van der Waals surface area contributed by atoms with E-state index < -0.39 is 18.5 Å². The molecule has 0 bridgehead atoms. The lowest BCUT2D eigenvalue weighted by atomic mass is 10.3. The molecule has 0 aliphatic heterocycles. The summed E-state index contributed by atoms with van der Waals surface area (Å²) in [5.74, 6) is -1.25. The lowest BCUT2D eigenvalue weighted by Gasteiger charge is -2.16. The van der Waals surface area contributed by atoms with Gasteiger partial charge in [0.25, 0.3) is 5.91 Å². The van der Waals surface area contributed by atoms with Crippen molar-refractivity contribution in [1.29, 1.82) is 0 Å². The van der Waals surface area contributed by atoms with Gasteiger partial charge in [0.15, 0.2) is 6.61 Å². The number of aromatic nitrogens is 2. The van der Waals surface area contributed by atoms with Crippen LogP contribution in [0, 0.1) is 6.92 Å². The highest BCUT2D eigenvalue weighted by molar-refractivity contribution is 7.20. The molecule has 0 unspecified atom stereocenters. The van der Waals surface area contributed by atoms with E-state index in [0.29, 0.717) is 9.90 Å². The largest absolute Gasteiger partial charge is 0.451 e. The van der Waals surface area contributed by atoms with Gasteiger partial charge < -0.3 is 15.0 Å². The molecule has 4 rings (SSSR count). The number of carbonyl (C=O) groups excluding carboxylic acids is 3. The van der Waals surface area contributed by atoms with Crippen LogP contribution in [0.5, 0.6) is 0 Å². The second-order valence-electron chi connectivity index (χ2n) is 7.47. The van der Waals surface area contributed by atoms with Gasteiger partial charge >= 0.3 is 5.97 Å². The van der Waals surface area contributed by atoms with E-state index in [1.807, 2.05) is 19.1 Å². The molecular weight excluding hydrogens is 440 g/mol. The Kier molecular flexibility index (Phi) is 5.97. The number of benzene rings is 1. The molecule has 1 aliphatic rings. The third-order valence-electron chi connectivity index (χ3n) is 4.87. The van der Waals surface area contributed by atoms with Crippen molar-refractivity contribution in [2.45, 2.75) is 25.8 Å². The Bertz CT molecular complexity index is 1170. The van der Waals surface area contributed by atoms with Crippen LogP contribution in [0.1, 0.15) is 28.2 Å². The van der Waals surface area contributed by atoms with Crippen LogP contribution in [0.2, 0.25) is 5.02 Å². The number of hydrogen-bond acceptors (Lipinski definition) is 6. The van der Waals surface area contributed by atoms with E-state index in [1.54, 1.807) is 22.9 Å². The maximum Gasteiger partial charge on any atom is 0.348 e. The van der Waals surface area contributed by atoms with Gasteiger partial charge in [0, 0.05) is 23.5 Å². The topological polar surface area (TPSA) is 93.5 Å². The first-order chi connectivity index (χ1) is 14.8. The number of amides is 2. The summed E-state index contributed by atoms with van der Waals surface area (Å²) in [6.45, 7) is 1.36. The summed E-state index contributed by atoms with van der Waals surface area (Å²) in [4.78, 5) is 38.9. The average molecular weight is 461 g/mol. The predicted molar refractivity (Wildman–Crippen MR) is 118 cm³/mol. The molecule has 2 heterocycles. The molecule has 10 heteroatoms. The van der Waals surface area contributed by atoms with Gasteiger partial charge in [-0.1, -0.05) is 17.7 Å². The van der Waals surface area contributed by atoms with E-state index in [0.717, 1.165) is 34.4 Å². The van der Waals surface area contributed by atoms with Crippen molar-refractivity contribution in [3.05, 3.63) is 45.9 Å². The Morgan fingerprint density at radius 1 is 1.32 bits per heavy atom. The minimum absolute atomic E-state index is 0.0650. The Morgan fingerprint density at radius 2 is 2.10 bits per heavy atom. The highest BCUT2D eigenvalue weighted by Crippen LogP contribution is 2.31. The number of carbonyl (C=O) groups is 3. The summed E-state index contributed by atoms with van der Waals surface area (Å²) in [5, 5.41) is 8.76. The van der Waals surface area contributed by atoms with E-state index in [2.05, 4.69) is 10.4 Å². The first-order valence-electron chi connectivity index (χ1n) is 9.77. The molecule has 1 saturated carbocycles. The summed E-state index contributed by atoms with van der Waals surface area (Å²) >= 11 is 7.32. The molecule has 8 nitrogen and oxygen atoms in total. The molecule has 1 fully saturated rings. The van der Waals surface area contributed by atoms with Crippen LogP contribution in [0.3, 0.4) is 0 Å². The van der Waals surface area contributed by atoms with Gasteiger partial charge in [0.1, 0.15) is 9.71 Å². The summed E-state index contributed by atoms with van der Waals surface area (Å²) in [6, 6.07) is 9.22. The van der Waals surface area contributed by atoms with Gasteiger partial charge in [0.05, 0.1) is 17.9 Å². The first-order valence-corrected chi connectivity index (χ1v) is 11.0. The Balaban J connectivity index is 1.41. The Hall–Kier alpha value is -2.91. The van der Waals surface area contributed by atoms with E-state index in [9.17, 15) is 14.4 Å². The molecule has 1 N–H and O–H groups in total. The second-order valence-corrected chi connectivity index (χ2v) is 8.94. The summed E-state index contributed by atoms with van der Waals surface area (Å²) in [5.41, 5.74) is 1.55. The number of hydrogen-bond donors (Lipinski definition) is 1. The van der Waals surface area contributed by atoms with Crippen molar-refractivity contribution >= 4 is 50.9 Å². The van der Waals surface area contributed by atoms with E-state index >= 15 is 0 Å². The molecular formula is C21H21ClN4O4S. The zero-order chi connectivity index (χ0) is 22.1. The van der Waals surface area contributed by atoms with Crippen LogP contribution in [0.25, 0.3) is 15.9 Å². The lowest BCUT2D eigenvalue weighted by Crippen LogP contribution is -2.40. The monoisotopic (exact) mass is 460 g/mol. The normalized spacial score (nSPS) is 13.3. The van der Waals surface area contributed by atoms with E-state index in [-0.39, 0.29) is 18.5 Å². The number of halogens is 1. The van der Waals surface area contributed by atoms with Crippen LogP contribution in [-0.4, -0.2) is 58.7 Å². The van der Waals surface area contributed by atoms with Crippen molar-refractivity contribution in [1.82, 2.24) is 20.0 Å². The van der Waals surface area contributed by atoms with Gasteiger partial charge in [-0.2, -0.15) is 5.10 Å². The molecule has 0 saturated heterocycles. The molecule has 1 aliphatic carbocycles. The fraction of sp³-hybridized carbons (Fsp3) is 0.333. The summed E-state index contributed by atoms with van der Waals surface area (Å²) in [7, 11) is 1.50. The van der Waals surface area contributed by atoms with Crippen LogP contribution >= 0.6 is 22.9 Å². The molecule has 31 heavy (non-hydrogen) atoms. The average Bonchev–Trinajstić information content (AvgIpc) is 3.33. The minimum atomic E-state index is -0.595. The number of esters is 1. The zero-order valence-electron chi connectivity index (χ0n) is 17.1. The number of thiophene rings is 1. The maximum atomic E-state index is 12.5. The quantitative estimate of drug-likeness (QED) is 0.547. The van der Waals surface area contributed by atoms with Gasteiger partial charge in [0.2, 0.25) is 5.91 Å². The Morgan fingerprint density at radius 3 is 2.81 bits per heavy atom. The maximum absolute atomic E-state index is 12.5. The Labute approximate surface area is 187 Å². The van der Waals surface area contributed by atoms with Crippen LogP contribution < -0.4 is 5.32 Å². The van der Waals surface area contributed by atoms with Gasteiger partial charge in [-0.3, -0.25) is 9.59 Å². The van der Waals surface area contributed by atoms with Gasteiger partial charge in [-0.15, -0.1) is 11.3 Å². The number of ether oxygens (including phenoxy) is 1. The first kappa shape index (κ1) is 21.3. The van der Waals surface area contributed by atoms with Crippen LogP contribution in [-0.2, 0) is 14.3 Å². The third kappa shape index (κ3) is 4.88. The highest BCUT2D eigenvalue weighted by Gasteiger charge is 2.25. The zero-order valence-corrected chi connectivity index (χ0v) is 18.6. The fourth-order valence-electron chi connectivity index (χ4n) is 3.04. The smallest absolute Gasteiger partial charge is 0.348 e. The van der Waals surface area contributed by atoms with Gasteiger partial charge in [-0.25, -0.2) is 9.48 Å². The van der Waals surface area contributed by atoms with Crippen LogP contribution in [0.4, 0.5) is 0 Å². The van der Waals surface area contributed by atoms with Gasteiger partial charge in [-0.05, 0) is 44.0 Å². The number of fused-ring (bicyclic) bond motifs is 1. The number of likely N-dealkylation sites (N-methyl/N-ethyl adjacent to an activating group) is 1. The molecule has 162 valence electrons. The molecule has 2 aromatic heterocycles. The predicted octanol–water partition coefficient (Wildman–Crippen LogP) is 2.94. The fourth-order valence-corrected chi connectivity index (χ4v) is 4.31. The van der Waals surface area contributed by atoms with Crippen molar-refractivity contribution in [2.75, 3.05) is 20.2 Å². The number of nitrogens with zero attached hydrogens (tertiary/aromatic N) is 3.